The minimum atomic E-state index is 0.682. The maximum absolute atomic E-state index is 5.44. The van der Waals surface area contributed by atoms with Crippen LogP contribution in [-0.2, 0) is 4.74 Å². The molecule has 0 bridgehead atoms. The van der Waals surface area contributed by atoms with Crippen molar-refractivity contribution in [2.24, 2.45) is 11.8 Å². The van der Waals surface area contributed by atoms with E-state index in [2.05, 4.69) is 19.2 Å². The SMILES string of the molecule is CCC1CCC(NC(C)C2CCOCC2)CC1. The van der Waals surface area contributed by atoms with Crippen LogP contribution in [-0.4, -0.2) is 25.3 Å². The molecule has 0 aromatic carbocycles. The van der Waals surface area contributed by atoms with E-state index in [0.29, 0.717) is 6.04 Å². The van der Waals surface area contributed by atoms with Crippen molar-refractivity contribution in [1.82, 2.24) is 5.32 Å². The van der Waals surface area contributed by atoms with E-state index in [9.17, 15) is 0 Å². The van der Waals surface area contributed by atoms with Crippen molar-refractivity contribution in [3.05, 3.63) is 0 Å². The van der Waals surface area contributed by atoms with E-state index in [1.54, 1.807) is 0 Å². The summed E-state index contributed by atoms with van der Waals surface area (Å²) in [6.07, 6.45) is 9.54. The van der Waals surface area contributed by atoms with Crippen LogP contribution in [0.4, 0.5) is 0 Å². The Balaban J connectivity index is 1.69. The second kappa shape index (κ2) is 6.75. The van der Waals surface area contributed by atoms with Gasteiger partial charge in [-0.05, 0) is 57.3 Å². The third-order valence-electron chi connectivity index (χ3n) is 4.90. The molecule has 2 nitrogen and oxygen atoms in total. The smallest absolute Gasteiger partial charge is 0.0469 e. The van der Waals surface area contributed by atoms with Crippen LogP contribution in [0, 0.1) is 11.8 Å². The van der Waals surface area contributed by atoms with Crippen molar-refractivity contribution in [2.75, 3.05) is 13.2 Å². The third-order valence-corrected chi connectivity index (χ3v) is 4.90. The molecular weight excluding hydrogens is 210 g/mol. The van der Waals surface area contributed by atoms with Crippen molar-refractivity contribution >= 4 is 0 Å². The Morgan fingerprint density at radius 3 is 2.29 bits per heavy atom. The van der Waals surface area contributed by atoms with E-state index < -0.39 is 0 Å². The summed E-state index contributed by atoms with van der Waals surface area (Å²) >= 11 is 0. The molecule has 0 amide bonds. The molecule has 1 unspecified atom stereocenters. The van der Waals surface area contributed by atoms with E-state index in [1.165, 1.54) is 44.9 Å². The summed E-state index contributed by atoms with van der Waals surface area (Å²) in [5, 5.41) is 3.88. The normalized spacial score (nSPS) is 33.5. The van der Waals surface area contributed by atoms with Gasteiger partial charge < -0.3 is 10.1 Å². The molecule has 2 heteroatoms. The van der Waals surface area contributed by atoms with Gasteiger partial charge in [-0.15, -0.1) is 0 Å². The summed E-state index contributed by atoms with van der Waals surface area (Å²) in [7, 11) is 0. The van der Waals surface area contributed by atoms with Crippen LogP contribution in [0.2, 0.25) is 0 Å². The first-order valence-electron chi connectivity index (χ1n) is 7.63. The maximum atomic E-state index is 5.44. The van der Waals surface area contributed by atoms with Gasteiger partial charge in [-0.25, -0.2) is 0 Å². The molecule has 0 aromatic heterocycles. The first-order chi connectivity index (χ1) is 8.29. The Morgan fingerprint density at radius 1 is 1.06 bits per heavy atom. The summed E-state index contributed by atoms with van der Waals surface area (Å²) < 4.78 is 5.44. The van der Waals surface area contributed by atoms with Gasteiger partial charge in [0.15, 0.2) is 0 Å². The van der Waals surface area contributed by atoms with Crippen LogP contribution in [0.5, 0.6) is 0 Å². The van der Waals surface area contributed by atoms with Gasteiger partial charge in [0.1, 0.15) is 0 Å². The number of ether oxygens (including phenoxy) is 1. The molecule has 17 heavy (non-hydrogen) atoms. The summed E-state index contributed by atoms with van der Waals surface area (Å²) in [5.41, 5.74) is 0. The molecule has 1 aliphatic carbocycles. The number of rotatable bonds is 4. The van der Waals surface area contributed by atoms with Crippen LogP contribution in [0.1, 0.15) is 58.8 Å². The first kappa shape index (κ1) is 13.4. The Morgan fingerprint density at radius 2 is 1.71 bits per heavy atom. The molecule has 2 rings (SSSR count). The van der Waals surface area contributed by atoms with Gasteiger partial charge in [-0.2, -0.15) is 0 Å². The highest BCUT2D eigenvalue weighted by molar-refractivity contribution is 4.82. The highest BCUT2D eigenvalue weighted by Crippen LogP contribution is 2.28. The Bertz CT molecular complexity index is 205. The highest BCUT2D eigenvalue weighted by Gasteiger charge is 2.25. The van der Waals surface area contributed by atoms with E-state index in [1.807, 2.05) is 0 Å². The third kappa shape index (κ3) is 3.96. The Kier molecular flexibility index (Phi) is 5.30. The molecule has 100 valence electrons. The van der Waals surface area contributed by atoms with Crippen molar-refractivity contribution in [3.8, 4) is 0 Å². The quantitative estimate of drug-likeness (QED) is 0.812. The van der Waals surface area contributed by atoms with Gasteiger partial charge in [-0.1, -0.05) is 13.3 Å². The molecule has 0 aromatic rings. The molecule has 1 aliphatic heterocycles. The lowest BCUT2D eigenvalue weighted by Crippen LogP contribution is -2.44. The van der Waals surface area contributed by atoms with Crippen molar-refractivity contribution in [1.29, 1.82) is 0 Å². The summed E-state index contributed by atoms with van der Waals surface area (Å²) in [6, 6.07) is 1.47. The van der Waals surface area contributed by atoms with E-state index in [4.69, 9.17) is 4.74 Å². The first-order valence-corrected chi connectivity index (χ1v) is 7.63. The van der Waals surface area contributed by atoms with Gasteiger partial charge in [-0.3, -0.25) is 0 Å². The molecule has 1 saturated heterocycles. The molecule has 1 heterocycles. The predicted molar refractivity (Wildman–Crippen MR) is 72.2 cm³/mol. The van der Waals surface area contributed by atoms with Crippen LogP contribution >= 0.6 is 0 Å². The van der Waals surface area contributed by atoms with Crippen LogP contribution < -0.4 is 5.32 Å². The topological polar surface area (TPSA) is 21.3 Å². The van der Waals surface area contributed by atoms with E-state index in [0.717, 1.165) is 31.1 Å². The van der Waals surface area contributed by atoms with Crippen molar-refractivity contribution < 1.29 is 4.74 Å². The summed E-state index contributed by atoms with van der Waals surface area (Å²) in [4.78, 5) is 0. The minimum absolute atomic E-state index is 0.682. The average molecular weight is 239 g/mol. The minimum Gasteiger partial charge on any atom is -0.381 e. The number of hydrogen-bond acceptors (Lipinski definition) is 2. The van der Waals surface area contributed by atoms with Gasteiger partial charge in [0.05, 0.1) is 0 Å². The highest BCUT2D eigenvalue weighted by atomic mass is 16.5. The zero-order valence-corrected chi connectivity index (χ0v) is 11.6. The largest absolute Gasteiger partial charge is 0.381 e. The molecule has 1 saturated carbocycles. The molecular formula is C15H29NO. The van der Waals surface area contributed by atoms with E-state index in [-0.39, 0.29) is 0 Å². The van der Waals surface area contributed by atoms with Crippen LogP contribution in [0.15, 0.2) is 0 Å². The molecule has 2 fully saturated rings. The van der Waals surface area contributed by atoms with Crippen LogP contribution in [0.25, 0.3) is 0 Å². The van der Waals surface area contributed by atoms with Crippen LogP contribution in [0.3, 0.4) is 0 Å². The lowest BCUT2D eigenvalue weighted by molar-refractivity contribution is 0.0532. The fourth-order valence-electron chi connectivity index (χ4n) is 3.46. The van der Waals surface area contributed by atoms with Gasteiger partial charge in [0.25, 0.3) is 0 Å². The second-order valence-electron chi connectivity index (χ2n) is 6.03. The zero-order chi connectivity index (χ0) is 12.1. The summed E-state index contributed by atoms with van der Waals surface area (Å²) in [5.74, 6) is 1.85. The van der Waals surface area contributed by atoms with Crippen molar-refractivity contribution in [3.63, 3.8) is 0 Å². The molecule has 1 atom stereocenters. The van der Waals surface area contributed by atoms with E-state index >= 15 is 0 Å². The lowest BCUT2D eigenvalue weighted by atomic mass is 9.83. The second-order valence-corrected chi connectivity index (χ2v) is 6.03. The standard InChI is InChI=1S/C15H29NO/c1-3-13-4-6-15(7-5-13)16-12(2)14-8-10-17-11-9-14/h12-16H,3-11H2,1-2H3. The predicted octanol–water partition coefficient (Wildman–Crippen LogP) is 3.36. The zero-order valence-electron chi connectivity index (χ0n) is 11.6. The van der Waals surface area contributed by atoms with Gasteiger partial charge in [0.2, 0.25) is 0 Å². The van der Waals surface area contributed by atoms with Gasteiger partial charge >= 0.3 is 0 Å². The summed E-state index contributed by atoms with van der Waals surface area (Å²) in [6.45, 7) is 6.66. The number of nitrogens with one attached hydrogen (secondary N) is 1. The molecule has 2 aliphatic rings. The fraction of sp³-hybridized carbons (Fsp3) is 1.00. The molecule has 1 N–H and O–H groups in total. The maximum Gasteiger partial charge on any atom is 0.0469 e. The molecule has 0 radical (unpaired) electrons. The average Bonchev–Trinajstić information content (AvgIpc) is 2.40. The fourth-order valence-corrected chi connectivity index (χ4v) is 3.46. The number of hydrogen-bond donors (Lipinski definition) is 1. The Hall–Kier alpha value is -0.0800. The monoisotopic (exact) mass is 239 g/mol. The molecule has 0 spiro atoms. The Labute approximate surface area is 107 Å². The van der Waals surface area contributed by atoms with Crippen molar-refractivity contribution in [2.45, 2.75) is 70.9 Å². The lowest BCUT2D eigenvalue weighted by Gasteiger charge is -2.35. The van der Waals surface area contributed by atoms with Gasteiger partial charge in [0, 0.05) is 25.3 Å².